The van der Waals surface area contributed by atoms with E-state index in [-0.39, 0.29) is 11.8 Å². The van der Waals surface area contributed by atoms with Crippen LogP contribution < -0.4 is 20.7 Å². The fourth-order valence-electron chi connectivity index (χ4n) is 1.67. The first-order chi connectivity index (χ1) is 8.99. The number of anilines is 2. The SMILES string of the molecule is COc1nccc(N(C)C)c1NC(=O)CC(C)CN. The minimum Gasteiger partial charge on any atom is -0.479 e. The van der Waals surface area contributed by atoms with Gasteiger partial charge in [-0.15, -0.1) is 0 Å². The monoisotopic (exact) mass is 266 g/mol. The normalized spacial score (nSPS) is 11.8. The van der Waals surface area contributed by atoms with E-state index < -0.39 is 0 Å². The van der Waals surface area contributed by atoms with E-state index in [0.29, 0.717) is 24.5 Å². The Labute approximate surface area is 113 Å². The molecule has 0 spiro atoms. The third-order valence-corrected chi connectivity index (χ3v) is 2.77. The van der Waals surface area contributed by atoms with Crippen LogP contribution in [0.1, 0.15) is 13.3 Å². The molecule has 1 aromatic heterocycles. The summed E-state index contributed by atoms with van der Waals surface area (Å²) < 4.78 is 5.19. The van der Waals surface area contributed by atoms with E-state index in [0.717, 1.165) is 5.69 Å². The molecule has 0 radical (unpaired) electrons. The number of carbonyl (C=O) groups is 1. The maximum atomic E-state index is 12.0. The second-order valence-electron chi connectivity index (χ2n) is 4.70. The molecule has 1 rings (SSSR count). The molecular weight excluding hydrogens is 244 g/mol. The van der Waals surface area contributed by atoms with Gasteiger partial charge in [-0.05, 0) is 18.5 Å². The van der Waals surface area contributed by atoms with Gasteiger partial charge >= 0.3 is 0 Å². The van der Waals surface area contributed by atoms with Gasteiger partial charge in [0, 0.05) is 26.7 Å². The standard InChI is InChI=1S/C13H22N4O2/c1-9(8-14)7-11(18)16-12-10(17(2)3)5-6-15-13(12)19-4/h5-6,9H,7-8,14H2,1-4H3,(H,16,18). The van der Waals surface area contributed by atoms with Crippen LogP contribution in [0.3, 0.4) is 0 Å². The van der Waals surface area contributed by atoms with Crippen LogP contribution in [-0.2, 0) is 4.79 Å². The molecule has 3 N–H and O–H groups in total. The second-order valence-corrected chi connectivity index (χ2v) is 4.70. The third kappa shape index (κ3) is 4.10. The van der Waals surface area contributed by atoms with Crippen molar-refractivity contribution in [1.29, 1.82) is 0 Å². The number of amides is 1. The Balaban J connectivity index is 2.95. The molecule has 0 fully saturated rings. The number of nitrogens with two attached hydrogens (primary N) is 1. The van der Waals surface area contributed by atoms with Crippen molar-refractivity contribution in [1.82, 2.24) is 4.98 Å². The topological polar surface area (TPSA) is 80.5 Å². The molecule has 0 aliphatic carbocycles. The number of carbonyl (C=O) groups excluding carboxylic acids is 1. The number of nitrogens with zero attached hydrogens (tertiary/aromatic N) is 2. The summed E-state index contributed by atoms with van der Waals surface area (Å²) in [5.74, 6) is 0.456. The van der Waals surface area contributed by atoms with Gasteiger partial charge in [-0.2, -0.15) is 0 Å². The van der Waals surface area contributed by atoms with Gasteiger partial charge < -0.3 is 20.7 Å². The molecule has 0 aliphatic heterocycles. The molecule has 0 bridgehead atoms. The van der Waals surface area contributed by atoms with Gasteiger partial charge in [0.2, 0.25) is 11.8 Å². The summed E-state index contributed by atoms with van der Waals surface area (Å²) in [7, 11) is 5.32. The average Bonchev–Trinajstić information content (AvgIpc) is 2.38. The fourth-order valence-corrected chi connectivity index (χ4v) is 1.67. The van der Waals surface area contributed by atoms with Crippen molar-refractivity contribution in [3.05, 3.63) is 12.3 Å². The van der Waals surface area contributed by atoms with Crippen molar-refractivity contribution in [2.24, 2.45) is 11.7 Å². The summed E-state index contributed by atoms with van der Waals surface area (Å²) in [6, 6.07) is 1.82. The molecule has 6 heteroatoms. The molecule has 19 heavy (non-hydrogen) atoms. The Morgan fingerprint density at radius 1 is 1.58 bits per heavy atom. The van der Waals surface area contributed by atoms with Gasteiger partial charge in [-0.1, -0.05) is 6.92 Å². The van der Waals surface area contributed by atoms with Crippen LogP contribution in [0.5, 0.6) is 5.88 Å². The van der Waals surface area contributed by atoms with Gasteiger partial charge in [0.15, 0.2) is 0 Å². The lowest BCUT2D eigenvalue weighted by molar-refractivity contribution is -0.116. The number of rotatable bonds is 6. The lowest BCUT2D eigenvalue weighted by atomic mass is 10.1. The largest absolute Gasteiger partial charge is 0.479 e. The summed E-state index contributed by atoms with van der Waals surface area (Å²) in [5.41, 5.74) is 6.96. The van der Waals surface area contributed by atoms with Crippen LogP contribution in [0.15, 0.2) is 12.3 Å². The van der Waals surface area contributed by atoms with Crippen LogP contribution in [-0.4, -0.2) is 38.6 Å². The lowest BCUT2D eigenvalue weighted by Crippen LogP contribution is -2.22. The molecule has 0 saturated heterocycles. The number of aromatic nitrogens is 1. The van der Waals surface area contributed by atoms with E-state index in [2.05, 4.69) is 10.3 Å². The summed E-state index contributed by atoms with van der Waals surface area (Å²) in [6.45, 7) is 2.42. The highest BCUT2D eigenvalue weighted by molar-refractivity contribution is 5.96. The fraction of sp³-hybridized carbons (Fsp3) is 0.538. The second kappa shape index (κ2) is 6.94. The molecule has 1 aromatic rings. The highest BCUT2D eigenvalue weighted by atomic mass is 16.5. The van der Waals surface area contributed by atoms with E-state index in [1.54, 1.807) is 6.20 Å². The van der Waals surface area contributed by atoms with Crippen molar-refractivity contribution < 1.29 is 9.53 Å². The Bertz CT molecular complexity index is 435. The molecule has 6 nitrogen and oxygen atoms in total. The Kier molecular flexibility index (Phi) is 5.57. The maximum Gasteiger partial charge on any atom is 0.239 e. The zero-order chi connectivity index (χ0) is 14.4. The molecule has 0 saturated carbocycles. The maximum absolute atomic E-state index is 12.0. The number of pyridine rings is 1. The Hall–Kier alpha value is -1.82. The van der Waals surface area contributed by atoms with Crippen LogP contribution >= 0.6 is 0 Å². The van der Waals surface area contributed by atoms with E-state index in [4.69, 9.17) is 10.5 Å². The average molecular weight is 266 g/mol. The molecule has 0 aliphatic rings. The van der Waals surface area contributed by atoms with Gasteiger partial charge in [-0.3, -0.25) is 4.79 Å². The van der Waals surface area contributed by atoms with Crippen molar-refractivity contribution >= 4 is 17.3 Å². The lowest BCUT2D eigenvalue weighted by Gasteiger charge is -2.19. The van der Waals surface area contributed by atoms with Gasteiger partial charge in [0.25, 0.3) is 0 Å². The summed E-state index contributed by atoms with van der Waals surface area (Å²) in [5, 5.41) is 2.85. The van der Waals surface area contributed by atoms with Gasteiger partial charge in [-0.25, -0.2) is 4.98 Å². The minimum absolute atomic E-state index is 0.0904. The van der Waals surface area contributed by atoms with E-state index >= 15 is 0 Å². The predicted molar refractivity (Wildman–Crippen MR) is 76.6 cm³/mol. The first-order valence-electron chi connectivity index (χ1n) is 6.19. The van der Waals surface area contributed by atoms with Crippen molar-refractivity contribution in [2.45, 2.75) is 13.3 Å². The summed E-state index contributed by atoms with van der Waals surface area (Å²) in [6.07, 6.45) is 2.02. The molecular formula is C13H22N4O2. The van der Waals surface area contributed by atoms with Crippen molar-refractivity contribution in [3.8, 4) is 5.88 Å². The smallest absolute Gasteiger partial charge is 0.239 e. The number of methoxy groups -OCH3 is 1. The van der Waals surface area contributed by atoms with Crippen LogP contribution in [0.25, 0.3) is 0 Å². The molecule has 1 amide bonds. The zero-order valence-corrected chi connectivity index (χ0v) is 11.9. The van der Waals surface area contributed by atoms with Crippen LogP contribution in [0.2, 0.25) is 0 Å². The van der Waals surface area contributed by atoms with E-state index in [9.17, 15) is 4.79 Å². The van der Waals surface area contributed by atoms with Crippen LogP contribution in [0.4, 0.5) is 11.4 Å². The summed E-state index contributed by atoms with van der Waals surface area (Å²) >= 11 is 0. The zero-order valence-electron chi connectivity index (χ0n) is 11.9. The summed E-state index contributed by atoms with van der Waals surface area (Å²) in [4.78, 5) is 18.0. The van der Waals surface area contributed by atoms with E-state index in [1.165, 1.54) is 7.11 Å². The molecule has 106 valence electrons. The van der Waals surface area contributed by atoms with Crippen LogP contribution in [0, 0.1) is 5.92 Å². The Morgan fingerprint density at radius 2 is 2.26 bits per heavy atom. The molecule has 1 heterocycles. The highest BCUT2D eigenvalue weighted by Crippen LogP contribution is 2.32. The molecule has 1 unspecified atom stereocenters. The molecule has 1 atom stereocenters. The quantitative estimate of drug-likeness (QED) is 0.805. The Morgan fingerprint density at radius 3 is 2.79 bits per heavy atom. The van der Waals surface area contributed by atoms with Gasteiger partial charge in [0.1, 0.15) is 5.69 Å². The minimum atomic E-state index is -0.0904. The van der Waals surface area contributed by atoms with E-state index in [1.807, 2.05) is 32.0 Å². The van der Waals surface area contributed by atoms with Crippen molar-refractivity contribution in [3.63, 3.8) is 0 Å². The first-order valence-corrected chi connectivity index (χ1v) is 6.19. The van der Waals surface area contributed by atoms with Gasteiger partial charge in [0.05, 0.1) is 12.8 Å². The first kappa shape index (κ1) is 15.2. The number of nitrogens with one attached hydrogen (secondary N) is 1. The van der Waals surface area contributed by atoms with Crippen molar-refractivity contribution in [2.75, 3.05) is 38.0 Å². The number of hydrogen-bond acceptors (Lipinski definition) is 5. The number of ether oxygens (including phenoxy) is 1. The predicted octanol–water partition coefficient (Wildman–Crippen LogP) is 1.08. The number of hydrogen-bond donors (Lipinski definition) is 2. The molecule has 0 aromatic carbocycles. The third-order valence-electron chi connectivity index (χ3n) is 2.77. The highest BCUT2D eigenvalue weighted by Gasteiger charge is 2.16.